The van der Waals surface area contributed by atoms with Crippen molar-refractivity contribution in [3.8, 4) is 0 Å². The van der Waals surface area contributed by atoms with Crippen LogP contribution in [0.15, 0.2) is 6.20 Å². The van der Waals surface area contributed by atoms with Gasteiger partial charge in [-0.2, -0.15) is 0 Å². The highest BCUT2D eigenvalue weighted by Gasteiger charge is 2.25. The highest BCUT2D eigenvalue weighted by atomic mass is 16.6. The van der Waals surface area contributed by atoms with E-state index in [2.05, 4.69) is 15.6 Å². The van der Waals surface area contributed by atoms with Gasteiger partial charge in [-0.05, 0) is 0 Å². The zero-order valence-corrected chi connectivity index (χ0v) is 9.33. The molecule has 2 saturated heterocycles. The molecule has 1 unspecified atom stereocenters. The molecule has 7 heteroatoms. The number of ether oxygens (including phenoxy) is 2. The van der Waals surface area contributed by atoms with E-state index < -0.39 is 5.97 Å². The number of aromatic nitrogens is 3. The van der Waals surface area contributed by atoms with Crippen LogP contribution in [0.2, 0.25) is 0 Å². The van der Waals surface area contributed by atoms with Gasteiger partial charge in [-0.1, -0.05) is 5.21 Å². The molecular weight excluding hydrogens is 224 g/mol. The van der Waals surface area contributed by atoms with Crippen LogP contribution in [0.25, 0.3) is 0 Å². The van der Waals surface area contributed by atoms with Gasteiger partial charge >= 0.3 is 5.97 Å². The Morgan fingerprint density at radius 1 is 1.59 bits per heavy atom. The van der Waals surface area contributed by atoms with Crippen LogP contribution in [0.1, 0.15) is 23.0 Å². The van der Waals surface area contributed by atoms with E-state index in [0.717, 1.165) is 19.5 Å². The summed E-state index contributed by atoms with van der Waals surface area (Å²) in [7, 11) is 0. The minimum absolute atomic E-state index is 0.141. The molecule has 0 bridgehead atoms. The Morgan fingerprint density at radius 3 is 3.12 bits per heavy atom. The van der Waals surface area contributed by atoms with Crippen LogP contribution in [0.5, 0.6) is 0 Å². The van der Waals surface area contributed by atoms with Crippen molar-refractivity contribution >= 4 is 5.97 Å². The number of nitrogens with one attached hydrogen (secondary N) is 1. The molecule has 0 saturated carbocycles. The Morgan fingerprint density at radius 2 is 2.47 bits per heavy atom. The van der Waals surface area contributed by atoms with Crippen molar-refractivity contribution in [1.82, 2.24) is 20.3 Å². The number of hydrogen-bond acceptors (Lipinski definition) is 6. The molecule has 2 aliphatic rings. The highest BCUT2D eigenvalue weighted by molar-refractivity contribution is 5.86. The molecule has 1 N–H and O–H groups in total. The molecule has 2 aliphatic heterocycles. The van der Waals surface area contributed by atoms with Gasteiger partial charge in [0.15, 0.2) is 5.69 Å². The molecule has 2 fully saturated rings. The van der Waals surface area contributed by atoms with Gasteiger partial charge in [-0.15, -0.1) is 5.10 Å². The monoisotopic (exact) mass is 238 g/mol. The van der Waals surface area contributed by atoms with E-state index >= 15 is 0 Å². The van der Waals surface area contributed by atoms with Crippen molar-refractivity contribution in [3.05, 3.63) is 11.9 Å². The maximum absolute atomic E-state index is 11.7. The lowest BCUT2D eigenvalue weighted by Gasteiger charge is -2.26. The molecule has 1 atom stereocenters. The first-order chi connectivity index (χ1) is 8.33. The van der Waals surface area contributed by atoms with Gasteiger partial charge in [0.1, 0.15) is 6.10 Å². The fourth-order valence-electron chi connectivity index (χ4n) is 1.83. The van der Waals surface area contributed by atoms with Crippen molar-refractivity contribution in [2.24, 2.45) is 0 Å². The lowest BCUT2D eigenvalue weighted by molar-refractivity contribution is 0.0264. The maximum Gasteiger partial charge on any atom is 0.360 e. The quantitative estimate of drug-likeness (QED) is 0.706. The second-order valence-electron chi connectivity index (χ2n) is 4.29. The van der Waals surface area contributed by atoms with E-state index in [1.54, 1.807) is 10.9 Å². The summed E-state index contributed by atoms with van der Waals surface area (Å²) in [4.78, 5) is 11.7. The number of rotatable bonds is 3. The maximum atomic E-state index is 11.7. The van der Waals surface area contributed by atoms with Gasteiger partial charge in [0.2, 0.25) is 0 Å². The summed E-state index contributed by atoms with van der Waals surface area (Å²) in [5.74, 6) is -0.418. The molecule has 0 aromatic carbocycles. The zero-order chi connectivity index (χ0) is 11.7. The van der Waals surface area contributed by atoms with Crippen LogP contribution in [0, 0.1) is 0 Å². The standard InChI is InChI=1S/C10H14N4O3/c15-10(17-8-1-2-16-6-8)9-5-14(13-12-9)7-3-11-4-7/h5,7-8,11H,1-4,6H2. The molecule has 1 aromatic rings. The minimum atomic E-state index is -0.418. The summed E-state index contributed by atoms with van der Waals surface area (Å²) < 4.78 is 12.1. The number of nitrogens with zero attached hydrogens (tertiary/aromatic N) is 3. The first-order valence-corrected chi connectivity index (χ1v) is 5.74. The smallest absolute Gasteiger partial charge is 0.360 e. The van der Waals surface area contributed by atoms with Crippen LogP contribution >= 0.6 is 0 Å². The lowest BCUT2D eigenvalue weighted by atomic mass is 10.2. The Bertz CT molecular complexity index is 409. The first kappa shape index (κ1) is 10.7. The summed E-state index contributed by atoms with van der Waals surface area (Å²) in [6.45, 7) is 2.87. The summed E-state index contributed by atoms with van der Waals surface area (Å²) in [5, 5.41) is 10.9. The number of carbonyl (C=O) groups is 1. The molecule has 17 heavy (non-hydrogen) atoms. The van der Waals surface area contributed by atoms with Crippen LogP contribution < -0.4 is 5.32 Å². The van der Waals surface area contributed by atoms with E-state index in [1.807, 2.05) is 0 Å². The Hall–Kier alpha value is -1.47. The molecule has 7 nitrogen and oxygen atoms in total. The lowest BCUT2D eigenvalue weighted by Crippen LogP contribution is -2.43. The van der Waals surface area contributed by atoms with Crippen molar-refractivity contribution < 1.29 is 14.3 Å². The molecule has 1 aromatic heterocycles. The van der Waals surface area contributed by atoms with Crippen molar-refractivity contribution in [2.45, 2.75) is 18.6 Å². The summed E-state index contributed by atoms with van der Waals surface area (Å²) in [6.07, 6.45) is 2.26. The summed E-state index contributed by atoms with van der Waals surface area (Å²) >= 11 is 0. The molecule has 92 valence electrons. The SMILES string of the molecule is O=C(OC1CCOC1)c1cn(C2CNC2)nn1. The molecule has 0 aliphatic carbocycles. The van der Waals surface area contributed by atoms with Gasteiger partial charge in [0.05, 0.1) is 25.5 Å². The van der Waals surface area contributed by atoms with Crippen LogP contribution in [0.4, 0.5) is 0 Å². The molecule has 0 radical (unpaired) electrons. The average molecular weight is 238 g/mol. The van der Waals surface area contributed by atoms with Crippen LogP contribution in [-0.2, 0) is 9.47 Å². The second-order valence-corrected chi connectivity index (χ2v) is 4.29. The van der Waals surface area contributed by atoms with Crippen molar-refractivity contribution in [3.63, 3.8) is 0 Å². The van der Waals surface area contributed by atoms with Gasteiger partial charge < -0.3 is 14.8 Å². The predicted octanol–water partition coefficient (Wildman–Crippen LogP) is -0.632. The third kappa shape index (κ3) is 2.16. The van der Waals surface area contributed by atoms with E-state index in [4.69, 9.17) is 9.47 Å². The van der Waals surface area contributed by atoms with E-state index in [-0.39, 0.29) is 11.8 Å². The average Bonchev–Trinajstić information content (AvgIpc) is 2.85. The molecule has 3 heterocycles. The minimum Gasteiger partial charge on any atom is -0.455 e. The predicted molar refractivity (Wildman–Crippen MR) is 56.6 cm³/mol. The topological polar surface area (TPSA) is 78.3 Å². The van der Waals surface area contributed by atoms with E-state index in [0.29, 0.717) is 19.3 Å². The number of carbonyl (C=O) groups excluding carboxylic acids is 1. The molecular formula is C10H14N4O3. The normalized spacial score (nSPS) is 24.6. The second kappa shape index (κ2) is 4.42. The van der Waals surface area contributed by atoms with Crippen LogP contribution in [-0.4, -0.2) is 53.4 Å². The summed E-state index contributed by atoms with van der Waals surface area (Å²) in [6, 6.07) is 0.305. The molecule has 0 spiro atoms. The molecule has 0 amide bonds. The first-order valence-electron chi connectivity index (χ1n) is 5.74. The van der Waals surface area contributed by atoms with Crippen molar-refractivity contribution in [2.75, 3.05) is 26.3 Å². The Kier molecular flexibility index (Phi) is 2.77. The van der Waals surface area contributed by atoms with E-state index in [1.165, 1.54) is 0 Å². The van der Waals surface area contributed by atoms with Gasteiger partial charge in [0, 0.05) is 19.5 Å². The highest BCUT2D eigenvalue weighted by Crippen LogP contribution is 2.13. The number of hydrogen-bond donors (Lipinski definition) is 1. The Labute approximate surface area is 98.1 Å². The van der Waals surface area contributed by atoms with Crippen LogP contribution in [0.3, 0.4) is 0 Å². The fourth-order valence-corrected chi connectivity index (χ4v) is 1.83. The fraction of sp³-hybridized carbons (Fsp3) is 0.700. The van der Waals surface area contributed by atoms with Crippen molar-refractivity contribution in [1.29, 1.82) is 0 Å². The van der Waals surface area contributed by atoms with Gasteiger partial charge in [0.25, 0.3) is 0 Å². The Balaban J connectivity index is 1.62. The zero-order valence-electron chi connectivity index (χ0n) is 9.33. The third-order valence-corrected chi connectivity index (χ3v) is 3.02. The third-order valence-electron chi connectivity index (χ3n) is 3.02. The molecule has 3 rings (SSSR count). The number of esters is 1. The van der Waals surface area contributed by atoms with E-state index in [9.17, 15) is 4.79 Å². The van der Waals surface area contributed by atoms with Gasteiger partial charge in [-0.25, -0.2) is 9.48 Å². The van der Waals surface area contributed by atoms with Gasteiger partial charge in [-0.3, -0.25) is 0 Å². The summed E-state index contributed by atoms with van der Waals surface area (Å²) in [5.41, 5.74) is 0.267. The largest absolute Gasteiger partial charge is 0.455 e.